The second-order valence-corrected chi connectivity index (χ2v) is 5.33. The number of amides is 1. The van der Waals surface area contributed by atoms with Gasteiger partial charge in [0.15, 0.2) is 11.5 Å². The molecule has 0 fully saturated rings. The molecule has 0 spiro atoms. The van der Waals surface area contributed by atoms with Crippen molar-refractivity contribution in [2.24, 2.45) is 0 Å². The Morgan fingerprint density at radius 3 is 3.23 bits per heavy atom. The van der Waals surface area contributed by atoms with E-state index < -0.39 is 0 Å². The van der Waals surface area contributed by atoms with Gasteiger partial charge in [-0.1, -0.05) is 12.1 Å². The van der Waals surface area contributed by atoms with Crippen LogP contribution in [-0.4, -0.2) is 35.9 Å². The molecule has 1 aromatic heterocycles. The number of benzene rings is 1. The van der Waals surface area contributed by atoms with Crippen LogP contribution in [-0.2, 0) is 17.6 Å². The molecule has 6 heteroatoms. The van der Waals surface area contributed by atoms with Crippen molar-refractivity contribution in [3.8, 4) is 11.5 Å². The molecule has 2 N–H and O–H groups in total. The minimum atomic E-state index is -0.00328. The van der Waals surface area contributed by atoms with E-state index in [-0.39, 0.29) is 11.9 Å². The fourth-order valence-electron chi connectivity index (χ4n) is 2.62. The van der Waals surface area contributed by atoms with Gasteiger partial charge >= 0.3 is 0 Å². The monoisotopic (exact) mass is 301 g/mol. The third-order valence-corrected chi connectivity index (χ3v) is 3.74. The Kier molecular flexibility index (Phi) is 4.27. The number of hydrogen-bond donors (Lipinski definition) is 2. The van der Waals surface area contributed by atoms with Gasteiger partial charge in [0.05, 0.1) is 19.3 Å². The predicted octanol–water partition coefficient (Wildman–Crippen LogP) is 1.47. The average Bonchev–Trinajstić information content (AvgIpc) is 3.05. The van der Waals surface area contributed by atoms with Crippen LogP contribution in [0.3, 0.4) is 0 Å². The minimum Gasteiger partial charge on any atom is -0.493 e. The van der Waals surface area contributed by atoms with Crippen LogP contribution in [0.15, 0.2) is 30.6 Å². The number of fused-ring (bicyclic) bond motifs is 1. The molecular formula is C16H19N3O3. The lowest BCUT2D eigenvalue weighted by Gasteiger charge is -2.27. The van der Waals surface area contributed by atoms with E-state index in [0.717, 1.165) is 29.0 Å². The normalized spacial score (nSPS) is 16.5. The Hall–Kier alpha value is -2.50. The number of para-hydroxylation sites is 1. The maximum absolute atomic E-state index is 12.0. The van der Waals surface area contributed by atoms with E-state index in [0.29, 0.717) is 19.4 Å². The molecule has 1 aliphatic heterocycles. The number of H-pyrrole nitrogens is 1. The van der Waals surface area contributed by atoms with Gasteiger partial charge in [-0.25, -0.2) is 0 Å². The van der Waals surface area contributed by atoms with Crippen molar-refractivity contribution in [3.63, 3.8) is 0 Å². The van der Waals surface area contributed by atoms with Gasteiger partial charge in [-0.3, -0.25) is 9.89 Å². The quantitative estimate of drug-likeness (QED) is 0.877. The second-order valence-electron chi connectivity index (χ2n) is 5.33. The van der Waals surface area contributed by atoms with Crippen molar-refractivity contribution in [1.82, 2.24) is 15.5 Å². The highest BCUT2D eigenvalue weighted by Gasteiger charge is 2.23. The molecule has 0 bridgehead atoms. The van der Waals surface area contributed by atoms with Crippen LogP contribution in [0.1, 0.15) is 17.5 Å². The molecule has 0 radical (unpaired) electrons. The van der Waals surface area contributed by atoms with Crippen molar-refractivity contribution in [1.29, 1.82) is 0 Å². The number of rotatable bonds is 5. The summed E-state index contributed by atoms with van der Waals surface area (Å²) in [6.45, 7) is 0.463. The lowest BCUT2D eigenvalue weighted by atomic mass is 10.0. The van der Waals surface area contributed by atoms with Gasteiger partial charge in [0.2, 0.25) is 5.91 Å². The molecule has 0 saturated heterocycles. The molecule has 6 nitrogen and oxygen atoms in total. The zero-order valence-electron chi connectivity index (χ0n) is 12.5. The van der Waals surface area contributed by atoms with Crippen LogP contribution in [0, 0.1) is 0 Å². The number of methoxy groups -OCH3 is 1. The first-order valence-corrected chi connectivity index (χ1v) is 7.32. The fourth-order valence-corrected chi connectivity index (χ4v) is 2.62. The van der Waals surface area contributed by atoms with E-state index in [9.17, 15) is 4.79 Å². The zero-order valence-corrected chi connectivity index (χ0v) is 12.5. The highest BCUT2D eigenvalue weighted by molar-refractivity contribution is 5.76. The molecule has 1 aliphatic rings. The van der Waals surface area contributed by atoms with Crippen molar-refractivity contribution < 1.29 is 14.3 Å². The Labute approximate surface area is 128 Å². The summed E-state index contributed by atoms with van der Waals surface area (Å²) in [6, 6.07) is 5.81. The molecule has 116 valence electrons. The maximum atomic E-state index is 12.0. The Bertz CT molecular complexity index is 640. The van der Waals surface area contributed by atoms with Crippen LogP contribution in [0.5, 0.6) is 11.5 Å². The summed E-state index contributed by atoms with van der Waals surface area (Å²) in [4.78, 5) is 12.0. The number of carbonyl (C=O) groups is 1. The van der Waals surface area contributed by atoms with E-state index in [1.54, 1.807) is 19.5 Å². The number of ether oxygens (including phenoxy) is 2. The van der Waals surface area contributed by atoms with Crippen LogP contribution in [0.2, 0.25) is 0 Å². The van der Waals surface area contributed by atoms with Gasteiger partial charge in [-0.2, -0.15) is 5.10 Å². The number of hydrogen-bond acceptors (Lipinski definition) is 4. The predicted molar refractivity (Wildman–Crippen MR) is 81.0 cm³/mol. The summed E-state index contributed by atoms with van der Waals surface area (Å²) in [7, 11) is 1.63. The third kappa shape index (κ3) is 3.21. The van der Waals surface area contributed by atoms with Crippen LogP contribution in [0.4, 0.5) is 0 Å². The lowest BCUT2D eigenvalue weighted by Crippen LogP contribution is -2.42. The minimum absolute atomic E-state index is 0.00328. The van der Waals surface area contributed by atoms with Gasteiger partial charge in [-0.15, -0.1) is 0 Å². The van der Waals surface area contributed by atoms with E-state index in [4.69, 9.17) is 9.47 Å². The molecule has 2 aromatic rings. The summed E-state index contributed by atoms with van der Waals surface area (Å²) < 4.78 is 11.0. The van der Waals surface area contributed by atoms with Crippen molar-refractivity contribution in [2.75, 3.05) is 13.7 Å². The molecule has 1 aromatic carbocycles. The van der Waals surface area contributed by atoms with Gasteiger partial charge in [0, 0.05) is 18.2 Å². The number of nitrogens with one attached hydrogen (secondary N) is 2. The first-order valence-electron chi connectivity index (χ1n) is 7.32. The molecule has 1 atom stereocenters. The van der Waals surface area contributed by atoms with E-state index >= 15 is 0 Å². The molecule has 22 heavy (non-hydrogen) atoms. The first kappa shape index (κ1) is 14.4. The summed E-state index contributed by atoms with van der Waals surface area (Å²) in [5, 5.41) is 9.64. The molecule has 3 rings (SSSR count). The molecule has 1 amide bonds. The SMILES string of the molecule is COc1cccc2c1OCC(NC(=O)CCc1cn[nH]c1)C2. The summed E-state index contributed by atoms with van der Waals surface area (Å²) in [5.41, 5.74) is 2.09. The van der Waals surface area contributed by atoms with Crippen molar-refractivity contribution >= 4 is 5.91 Å². The lowest BCUT2D eigenvalue weighted by molar-refractivity contribution is -0.122. The average molecular weight is 301 g/mol. The molecule has 0 aliphatic carbocycles. The third-order valence-electron chi connectivity index (χ3n) is 3.74. The Morgan fingerprint density at radius 2 is 2.45 bits per heavy atom. The Morgan fingerprint density at radius 1 is 1.55 bits per heavy atom. The highest BCUT2D eigenvalue weighted by atomic mass is 16.5. The van der Waals surface area contributed by atoms with Crippen molar-refractivity contribution in [3.05, 3.63) is 41.7 Å². The van der Waals surface area contributed by atoms with Gasteiger partial charge in [0.1, 0.15) is 6.61 Å². The van der Waals surface area contributed by atoms with Crippen LogP contribution in [0.25, 0.3) is 0 Å². The summed E-state index contributed by atoms with van der Waals surface area (Å²) >= 11 is 0. The number of carbonyl (C=O) groups excluding carboxylic acids is 1. The van der Waals surface area contributed by atoms with Crippen LogP contribution < -0.4 is 14.8 Å². The molecule has 2 heterocycles. The summed E-state index contributed by atoms with van der Waals surface area (Å²) in [5.74, 6) is 1.55. The first-order chi connectivity index (χ1) is 10.8. The second kappa shape index (κ2) is 6.51. The highest BCUT2D eigenvalue weighted by Crippen LogP contribution is 2.34. The largest absolute Gasteiger partial charge is 0.493 e. The van der Waals surface area contributed by atoms with Crippen molar-refractivity contribution in [2.45, 2.75) is 25.3 Å². The number of aryl methyl sites for hydroxylation is 1. The topological polar surface area (TPSA) is 76.2 Å². The van der Waals surface area contributed by atoms with E-state index in [2.05, 4.69) is 15.5 Å². The zero-order chi connectivity index (χ0) is 15.4. The smallest absolute Gasteiger partial charge is 0.220 e. The molecular weight excluding hydrogens is 282 g/mol. The Balaban J connectivity index is 1.55. The molecule has 0 saturated carbocycles. The van der Waals surface area contributed by atoms with Gasteiger partial charge < -0.3 is 14.8 Å². The van der Waals surface area contributed by atoms with Gasteiger partial charge in [-0.05, 0) is 24.5 Å². The summed E-state index contributed by atoms with van der Waals surface area (Å²) in [6.07, 6.45) is 5.42. The number of aromatic nitrogens is 2. The van der Waals surface area contributed by atoms with Gasteiger partial charge in [0.25, 0.3) is 0 Å². The van der Waals surface area contributed by atoms with E-state index in [1.165, 1.54) is 0 Å². The van der Waals surface area contributed by atoms with E-state index in [1.807, 2.05) is 18.2 Å². The molecule has 1 unspecified atom stereocenters. The standard InChI is InChI=1S/C16H19N3O3/c1-21-14-4-2-3-12-7-13(10-22-16(12)14)19-15(20)6-5-11-8-17-18-9-11/h2-4,8-9,13H,5-7,10H2,1H3,(H,17,18)(H,19,20). The number of nitrogens with zero attached hydrogens (tertiary/aromatic N) is 1. The maximum Gasteiger partial charge on any atom is 0.220 e. The number of aromatic amines is 1. The van der Waals surface area contributed by atoms with Crippen LogP contribution >= 0.6 is 0 Å². The fraction of sp³-hybridized carbons (Fsp3) is 0.375.